The minimum atomic E-state index is -1.36. The number of nitrogens with one attached hydrogen (secondary N) is 1. The summed E-state index contributed by atoms with van der Waals surface area (Å²) in [4.78, 5) is 22.8. The van der Waals surface area contributed by atoms with Gasteiger partial charge in [0.1, 0.15) is 17.5 Å². The molecule has 1 aliphatic rings. The largest absolute Gasteiger partial charge is 0.542 e. The zero-order valence-corrected chi connectivity index (χ0v) is 11.7. The summed E-state index contributed by atoms with van der Waals surface area (Å²) in [6.45, 7) is 0. The van der Waals surface area contributed by atoms with E-state index in [1.807, 2.05) is 6.07 Å². The van der Waals surface area contributed by atoms with Gasteiger partial charge in [-0.2, -0.15) is 5.10 Å². The van der Waals surface area contributed by atoms with E-state index in [4.69, 9.17) is 4.42 Å². The molecule has 1 aromatic heterocycles. The van der Waals surface area contributed by atoms with E-state index in [2.05, 4.69) is 10.5 Å². The third-order valence-electron chi connectivity index (χ3n) is 3.47. The Morgan fingerprint density at radius 3 is 2.68 bits per heavy atom. The summed E-state index contributed by atoms with van der Waals surface area (Å²) in [7, 11) is 0. The van der Waals surface area contributed by atoms with Crippen molar-refractivity contribution in [3.8, 4) is 0 Å². The maximum absolute atomic E-state index is 12.0. The van der Waals surface area contributed by atoms with Gasteiger partial charge in [-0.3, -0.25) is 4.79 Å². The Balaban J connectivity index is 1.82. The van der Waals surface area contributed by atoms with Crippen LogP contribution in [-0.2, 0) is 6.42 Å². The molecule has 0 aliphatic heterocycles. The number of carbonyl (C=O) groups excluding carboxylic acids is 2. The number of hydrogen-bond acceptors (Lipinski definition) is 5. The van der Waals surface area contributed by atoms with E-state index in [0.717, 1.165) is 6.42 Å². The first-order valence-electron chi connectivity index (χ1n) is 6.91. The van der Waals surface area contributed by atoms with Gasteiger partial charge < -0.3 is 14.3 Å². The Morgan fingerprint density at radius 2 is 1.95 bits per heavy atom. The molecular formula is C16H13N2O4-. The maximum Gasteiger partial charge on any atom is 0.271 e. The van der Waals surface area contributed by atoms with Crippen molar-refractivity contribution in [2.24, 2.45) is 5.10 Å². The summed E-state index contributed by atoms with van der Waals surface area (Å²) in [5.74, 6) is -1.32. The first-order valence-corrected chi connectivity index (χ1v) is 6.91. The van der Waals surface area contributed by atoms with Crippen LogP contribution in [0, 0.1) is 0 Å². The van der Waals surface area contributed by atoms with Crippen LogP contribution in [-0.4, -0.2) is 17.6 Å². The van der Waals surface area contributed by atoms with E-state index in [1.165, 1.54) is 6.07 Å². The second-order valence-electron chi connectivity index (χ2n) is 4.95. The van der Waals surface area contributed by atoms with Gasteiger partial charge in [-0.05, 0) is 31.0 Å². The van der Waals surface area contributed by atoms with E-state index < -0.39 is 5.97 Å². The lowest BCUT2D eigenvalue weighted by Crippen LogP contribution is -2.22. The lowest BCUT2D eigenvalue weighted by Gasteiger charge is -2.12. The molecule has 3 rings (SSSR count). The Morgan fingerprint density at radius 1 is 1.18 bits per heavy atom. The van der Waals surface area contributed by atoms with Crippen molar-refractivity contribution < 1.29 is 19.1 Å². The molecule has 0 atom stereocenters. The van der Waals surface area contributed by atoms with E-state index in [-0.39, 0.29) is 11.7 Å². The van der Waals surface area contributed by atoms with Crippen molar-refractivity contribution in [2.45, 2.75) is 19.3 Å². The number of carboxylic acid groups (broad SMARTS) is 1. The molecule has 1 N–H and O–H groups in total. The zero-order chi connectivity index (χ0) is 15.5. The molecule has 1 amide bonds. The smallest absolute Gasteiger partial charge is 0.271 e. The van der Waals surface area contributed by atoms with Crippen LogP contribution in [0.3, 0.4) is 0 Å². The fourth-order valence-electron chi connectivity index (χ4n) is 2.40. The lowest BCUT2D eigenvalue weighted by atomic mass is 9.96. The molecule has 1 aromatic carbocycles. The standard InChI is InChI=1S/C16H14N2O4/c19-15(10-5-2-1-3-6-10)18-17-12-7-4-8-13-11(12)9-14(22-13)16(20)21/h1-3,5-6,9H,4,7-8H2,(H,18,19)(H,20,21)/p-1/b17-12+. The van der Waals surface area contributed by atoms with Crippen molar-refractivity contribution in [3.05, 3.63) is 59.0 Å². The van der Waals surface area contributed by atoms with Gasteiger partial charge in [0.25, 0.3) is 5.91 Å². The van der Waals surface area contributed by atoms with Crippen LogP contribution >= 0.6 is 0 Å². The van der Waals surface area contributed by atoms with E-state index in [1.54, 1.807) is 24.3 Å². The highest BCUT2D eigenvalue weighted by Gasteiger charge is 2.21. The summed E-state index contributed by atoms with van der Waals surface area (Å²) < 4.78 is 5.23. The topological polar surface area (TPSA) is 94.7 Å². The van der Waals surface area contributed by atoms with Gasteiger partial charge in [-0.1, -0.05) is 18.2 Å². The molecule has 0 spiro atoms. The monoisotopic (exact) mass is 297 g/mol. The molecule has 6 heteroatoms. The van der Waals surface area contributed by atoms with Gasteiger partial charge in [0.05, 0.1) is 5.71 Å². The number of amides is 1. The molecule has 1 aliphatic carbocycles. The summed E-state index contributed by atoms with van der Waals surface area (Å²) in [6, 6.07) is 10.1. The van der Waals surface area contributed by atoms with E-state index >= 15 is 0 Å². The van der Waals surface area contributed by atoms with Gasteiger partial charge >= 0.3 is 0 Å². The number of nitrogens with zero attached hydrogens (tertiary/aromatic N) is 1. The molecule has 0 fully saturated rings. The maximum atomic E-state index is 12.0. The highest BCUT2D eigenvalue weighted by Crippen LogP contribution is 2.25. The number of carboxylic acids is 1. The van der Waals surface area contributed by atoms with Gasteiger partial charge in [0.2, 0.25) is 0 Å². The Kier molecular flexibility index (Phi) is 3.74. The SMILES string of the molecule is O=C(N/N=C1\CCCc2oc(C(=O)[O-])cc21)c1ccccc1. The van der Waals surface area contributed by atoms with Crippen LogP contribution in [0.15, 0.2) is 45.9 Å². The fourth-order valence-corrected chi connectivity index (χ4v) is 2.40. The Bertz CT molecular complexity index is 747. The molecule has 6 nitrogen and oxygen atoms in total. The minimum absolute atomic E-state index is 0.214. The molecule has 0 radical (unpaired) electrons. The third-order valence-corrected chi connectivity index (χ3v) is 3.47. The van der Waals surface area contributed by atoms with Crippen LogP contribution in [0.2, 0.25) is 0 Å². The molecule has 1 heterocycles. The quantitative estimate of drug-likeness (QED) is 0.859. The van der Waals surface area contributed by atoms with Crippen molar-refractivity contribution in [3.63, 3.8) is 0 Å². The van der Waals surface area contributed by atoms with Crippen LogP contribution in [0.5, 0.6) is 0 Å². The number of carbonyl (C=O) groups is 2. The highest BCUT2D eigenvalue weighted by molar-refractivity contribution is 6.04. The number of aromatic carboxylic acids is 1. The highest BCUT2D eigenvalue weighted by atomic mass is 16.4. The summed E-state index contributed by atoms with van der Waals surface area (Å²) >= 11 is 0. The van der Waals surface area contributed by atoms with E-state index in [9.17, 15) is 14.7 Å². The van der Waals surface area contributed by atoms with Gasteiger partial charge in [0, 0.05) is 17.5 Å². The van der Waals surface area contributed by atoms with Gasteiger partial charge in [-0.25, -0.2) is 5.43 Å². The molecule has 0 unspecified atom stereocenters. The number of hydrazone groups is 1. The second-order valence-corrected chi connectivity index (χ2v) is 4.95. The van der Waals surface area contributed by atoms with Gasteiger partial charge in [0.15, 0.2) is 0 Å². The average molecular weight is 297 g/mol. The Hall–Kier alpha value is -2.89. The molecular weight excluding hydrogens is 284 g/mol. The third kappa shape index (κ3) is 2.76. The van der Waals surface area contributed by atoms with Crippen LogP contribution in [0.1, 0.15) is 45.1 Å². The average Bonchev–Trinajstić information content (AvgIpc) is 2.98. The van der Waals surface area contributed by atoms with Crippen molar-refractivity contribution >= 4 is 17.6 Å². The fraction of sp³-hybridized carbons (Fsp3) is 0.188. The van der Waals surface area contributed by atoms with E-state index in [0.29, 0.717) is 35.4 Å². The zero-order valence-electron chi connectivity index (χ0n) is 11.7. The predicted molar refractivity (Wildman–Crippen MR) is 76.4 cm³/mol. The molecule has 0 saturated heterocycles. The molecule has 0 saturated carbocycles. The molecule has 0 bridgehead atoms. The number of rotatable bonds is 3. The normalized spacial score (nSPS) is 15.4. The first kappa shape index (κ1) is 14.1. The minimum Gasteiger partial charge on any atom is -0.542 e. The molecule has 112 valence electrons. The number of furan rings is 1. The summed E-state index contributed by atoms with van der Waals surface area (Å²) in [5, 5.41) is 15.0. The number of hydrogen-bond donors (Lipinski definition) is 1. The molecule has 2 aromatic rings. The second kappa shape index (κ2) is 5.85. The predicted octanol–water partition coefficient (Wildman–Crippen LogP) is 1.11. The Labute approximate surface area is 126 Å². The van der Waals surface area contributed by atoms with Gasteiger partial charge in [-0.15, -0.1) is 0 Å². The van der Waals surface area contributed by atoms with Crippen molar-refractivity contribution in [1.82, 2.24) is 5.43 Å². The van der Waals surface area contributed by atoms with Crippen LogP contribution in [0.4, 0.5) is 0 Å². The van der Waals surface area contributed by atoms with Crippen LogP contribution < -0.4 is 10.5 Å². The van der Waals surface area contributed by atoms with Crippen molar-refractivity contribution in [1.29, 1.82) is 0 Å². The number of benzene rings is 1. The first-order chi connectivity index (χ1) is 10.6. The summed E-state index contributed by atoms with van der Waals surface area (Å²) in [5.41, 5.74) is 4.23. The van der Waals surface area contributed by atoms with Crippen LogP contribution in [0.25, 0.3) is 0 Å². The molecule has 22 heavy (non-hydrogen) atoms. The summed E-state index contributed by atoms with van der Waals surface area (Å²) in [6.07, 6.45) is 2.08. The lowest BCUT2D eigenvalue weighted by molar-refractivity contribution is -0.257. The number of aryl methyl sites for hydroxylation is 1. The van der Waals surface area contributed by atoms with Crippen molar-refractivity contribution in [2.75, 3.05) is 0 Å². The number of fused-ring (bicyclic) bond motifs is 1.